The van der Waals surface area contributed by atoms with Crippen LogP contribution in [0.3, 0.4) is 0 Å². The smallest absolute Gasteiger partial charge is 0.0337 e. The van der Waals surface area contributed by atoms with Crippen molar-refractivity contribution in [2.24, 2.45) is 17.6 Å². The summed E-state index contributed by atoms with van der Waals surface area (Å²) in [5.74, 6) is 1.42. The lowest BCUT2D eigenvalue weighted by molar-refractivity contribution is 0.00281. The summed E-state index contributed by atoms with van der Waals surface area (Å²) >= 11 is 0. The van der Waals surface area contributed by atoms with Gasteiger partial charge in [0.1, 0.15) is 0 Å². The van der Waals surface area contributed by atoms with Crippen LogP contribution in [0.15, 0.2) is 0 Å². The molecule has 1 aliphatic heterocycles. The predicted octanol–water partition coefficient (Wildman–Crippen LogP) is 2.80. The standard InChI is InChI=1S/C17H37N3/c1-14(2)11-17(13-18,12-15(3)4)20-9-7-19(8-10-20)16(5)6/h14-16H,7-13,18H2,1-6H3. The Balaban J connectivity index is 2.78. The van der Waals surface area contributed by atoms with Crippen molar-refractivity contribution in [1.82, 2.24) is 9.80 Å². The molecule has 0 aromatic heterocycles. The highest BCUT2D eigenvalue weighted by Gasteiger charge is 2.38. The summed E-state index contributed by atoms with van der Waals surface area (Å²) in [4.78, 5) is 5.29. The number of piperazine rings is 1. The van der Waals surface area contributed by atoms with Gasteiger partial charge in [-0.1, -0.05) is 27.7 Å². The second-order valence-electron chi connectivity index (χ2n) is 7.74. The van der Waals surface area contributed by atoms with Crippen molar-refractivity contribution >= 4 is 0 Å². The minimum Gasteiger partial charge on any atom is -0.329 e. The van der Waals surface area contributed by atoms with E-state index in [0.717, 1.165) is 6.54 Å². The molecule has 0 aromatic rings. The molecule has 0 bridgehead atoms. The van der Waals surface area contributed by atoms with Gasteiger partial charge in [0.15, 0.2) is 0 Å². The SMILES string of the molecule is CC(C)CC(CN)(CC(C)C)N1CCN(C(C)C)CC1. The second-order valence-corrected chi connectivity index (χ2v) is 7.74. The maximum atomic E-state index is 6.27. The van der Waals surface area contributed by atoms with E-state index in [9.17, 15) is 0 Å². The van der Waals surface area contributed by atoms with Crippen molar-refractivity contribution in [2.75, 3.05) is 32.7 Å². The first-order valence-corrected chi connectivity index (χ1v) is 8.50. The summed E-state index contributed by atoms with van der Waals surface area (Å²) in [6, 6.07) is 0.666. The molecule has 0 aromatic carbocycles. The van der Waals surface area contributed by atoms with E-state index in [2.05, 4.69) is 51.3 Å². The van der Waals surface area contributed by atoms with Crippen LogP contribution >= 0.6 is 0 Å². The molecule has 2 N–H and O–H groups in total. The molecule has 0 aliphatic carbocycles. The van der Waals surface area contributed by atoms with Crippen LogP contribution in [0.2, 0.25) is 0 Å². The van der Waals surface area contributed by atoms with Crippen LogP contribution in [-0.2, 0) is 0 Å². The molecule has 0 atom stereocenters. The third-order valence-corrected chi connectivity index (χ3v) is 4.67. The van der Waals surface area contributed by atoms with Crippen molar-refractivity contribution in [3.05, 3.63) is 0 Å². The van der Waals surface area contributed by atoms with E-state index in [1.165, 1.54) is 39.0 Å². The van der Waals surface area contributed by atoms with E-state index < -0.39 is 0 Å². The van der Waals surface area contributed by atoms with Gasteiger partial charge in [0.25, 0.3) is 0 Å². The van der Waals surface area contributed by atoms with Gasteiger partial charge in [-0.05, 0) is 38.5 Å². The van der Waals surface area contributed by atoms with Gasteiger partial charge in [0, 0.05) is 44.3 Å². The van der Waals surface area contributed by atoms with Crippen LogP contribution in [-0.4, -0.2) is 54.1 Å². The van der Waals surface area contributed by atoms with Gasteiger partial charge in [0.2, 0.25) is 0 Å². The molecule has 3 nitrogen and oxygen atoms in total. The Kier molecular flexibility index (Phi) is 6.96. The average Bonchev–Trinajstić information content (AvgIpc) is 2.36. The first kappa shape index (κ1) is 17.9. The van der Waals surface area contributed by atoms with Gasteiger partial charge >= 0.3 is 0 Å². The maximum absolute atomic E-state index is 6.27. The fraction of sp³-hybridized carbons (Fsp3) is 1.00. The van der Waals surface area contributed by atoms with Gasteiger partial charge in [-0.3, -0.25) is 9.80 Å². The van der Waals surface area contributed by atoms with E-state index in [1.54, 1.807) is 0 Å². The van der Waals surface area contributed by atoms with E-state index in [1.807, 2.05) is 0 Å². The number of nitrogens with two attached hydrogens (primary N) is 1. The summed E-state index contributed by atoms with van der Waals surface area (Å²) in [5.41, 5.74) is 6.49. The van der Waals surface area contributed by atoms with Crippen LogP contribution in [0.5, 0.6) is 0 Å². The molecule has 0 spiro atoms. The first-order valence-electron chi connectivity index (χ1n) is 8.50. The molecule has 120 valence electrons. The zero-order valence-corrected chi connectivity index (χ0v) is 14.7. The number of rotatable bonds is 7. The molecule has 1 fully saturated rings. The zero-order chi connectivity index (χ0) is 15.3. The molecular weight excluding hydrogens is 246 g/mol. The Bertz CT molecular complexity index is 255. The van der Waals surface area contributed by atoms with Crippen molar-refractivity contribution in [1.29, 1.82) is 0 Å². The average molecular weight is 284 g/mol. The Morgan fingerprint density at radius 3 is 1.60 bits per heavy atom. The van der Waals surface area contributed by atoms with Gasteiger partial charge in [-0.2, -0.15) is 0 Å². The van der Waals surface area contributed by atoms with E-state index >= 15 is 0 Å². The highest BCUT2D eigenvalue weighted by atomic mass is 15.3. The summed E-state index contributed by atoms with van der Waals surface area (Å²) in [6.07, 6.45) is 2.45. The molecular formula is C17H37N3. The summed E-state index contributed by atoms with van der Waals surface area (Å²) in [7, 11) is 0. The minimum atomic E-state index is 0.214. The Morgan fingerprint density at radius 2 is 1.30 bits per heavy atom. The highest BCUT2D eigenvalue weighted by Crippen LogP contribution is 2.31. The van der Waals surface area contributed by atoms with E-state index in [4.69, 9.17) is 5.73 Å². The zero-order valence-electron chi connectivity index (χ0n) is 14.7. The lowest BCUT2D eigenvalue weighted by atomic mass is 9.80. The monoisotopic (exact) mass is 283 g/mol. The highest BCUT2D eigenvalue weighted by molar-refractivity contribution is 4.95. The summed E-state index contributed by atoms with van der Waals surface area (Å²) < 4.78 is 0. The van der Waals surface area contributed by atoms with Crippen LogP contribution in [0.25, 0.3) is 0 Å². The van der Waals surface area contributed by atoms with Crippen molar-refractivity contribution in [2.45, 2.75) is 66.0 Å². The Labute approximate surface area is 126 Å². The molecule has 1 rings (SSSR count). The topological polar surface area (TPSA) is 32.5 Å². The van der Waals surface area contributed by atoms with E-state index in [-0.39, 0.29) is 5.54 Å². The second kappa shape index (κ2) is 7.77. The Morgan fingerprint density at radius 1 is 0.850 bits per heavy atom. The van der Waals surface area contributed by atoms with Crippen molar-refractivity contribution in [3.8, 4) is 0 Å². The van der Waals surface area contributed by atoms with E-state index in [0.29, 0.717) is 17.9 Å². The van der Waals surface area contributed by atoms with Gasteiger partial charge in [-0.15, -0.1) is 0 Å². The van der Waals surface area contributed by atoms with Crippen molar-refractivity contribution in [3.63, 3.8) is 0 Å². The fourth-order valence-electron chi connectivity index (χ4n) is 3.87. The van der Waals surface area contributed by atoms with Gasteiger partial charge < -0.3 is 5.73 Å². The van der Waals surface area contributed by atoms with Crippen LogP contribution in [0.1, 0.15) is 54.4 Å². The number of hydrogen-bond acceptors (Lipinski definition) is 3. The number of hydrogen-bond donors (Lipinski definition) is 1. The molecule has 0 saturated carbocycles. The quantitative estimate of drug-likeness (QED) is 0.780. The molecule has 20 heavy (non-hydrogen) atoms. The maximum Gasteiger partial charge on any atom is 0.0337 e. The normalized spacial score (nSPS) is 19.5. The minimum absolute atomic E-state index is 0.214. The lowest BCUT2D eigenvalue weighted by Gasteiger charge is -2.50. The molecule has 1 aliphatic rings. The predicted molar refractivity (Wildman–Crippen MR) is 89.0 cm³/mol. The van der Waals surface area contributed by atoms with Crippen LogP contribution in [0.4, 0.5) is 0 Å². The summed E-state index contributed by atoms with van der Waals surface area (Å²) in [6.45, 7) is 19.4. The molecule has 1 saturated heterocycles. The summed E-state index contributed by atoms with van der Waals surface area (Å²) in [5, 5.41) is 0. The molecule has 0 radical (unpaired) electrons. The molecule has 0 amide bonds. The third kappa shape index (κ3) is 4.71. The Hall–Kier alpha value is -0.120. The van der Waals surface area contributed by atoms with Crippen LogP contribution < -0.4 is 5.73 Å². The van der Waals surface area contributed by atoms with Gasteiger partial charge in [-0.25, -0.2) is 0 Å². The number of nitrogens with zero attached hydrogens (tertiary/aromatic N) is 2. The van der Waals surface area contributed by atoms with Gasteiger partial charge in [0.05, 0.1) is 0 Å². The first-order chi connectivity index (χ1) is 9.30. The largest absolute Gasteiger partial charge is 0.329 e. The van der Waals surface area contributed by atoms with Crippen LogP contribution in [0, 0.1) is 11.8 Å². The molecule has 3 heteroatoms. The fourth-order valence-corrected chi connectivity index (χ4v) is 3.87. The molecule has 0 unspecified atom stereocenters. The third-order valence-electron chi connectivity index (χ3n) is 4.67. The lowest BCUT2D eigenvalue weighted by Crippen LogP contribution is -2.61. The van der Waals surface area contributed by atoms with Crippen molar-refractivity contribution < 1.29 is 0 Å². The molecule has 1 heterocycles.